The van der Waals surface area contributed by atoms with Gasteiger partial charge in [0.05, 0.1) is 6.21 Å². The molecular weight excluding hydrogens is 320 g/mol. The number of hydrazone groups is 1. The maximum atomic E-state index is 11.8. The zero-order chi connectivity index (χ0) is 19.3. The first-order chi connectivity index (χ1) is 12.4. The molecule has 0 aliphatic rings. The number of hydrogen-bond donors (Lipinski definition) is 1. The predicted molar refractivity (Wildman–Crippen MR) is 113 cm³/mol. The van der Waals surface area contributed by atoms with Crippen molar-refractivity contribution >= 4 is 12.1 Å². The molecule has 0 radical (unpaired) electrons. The maximum Gasteiger partial charge on any atom is 0.240 e. The van der Waals surface area contributed by atoms with Crippen molar-refractivity contribution < 1.29 is 4.79 Å². The Morgan fingerprint density at radius 1 is 0.923 bits per heavy atom. The first-order valence-corrected chi connectivity index (χ1v) is 10.4. The zero-order valence-electron chi connectivity index (χ0n) is 17.3. The fourth-order valence-corrected chi connectivity index (χ4v) is 2.90. The molecule has 1 rings (SSSR count). The minimum Gasteiger partial charge on any atom is -0.273 e. The van der Waals surface area contributed by atoms with Crippen LogP contribution in [0.25, 0.3) is 0 Å². The van der Waals surface area contributed by atoms with Gasteiger partial charge in [-0.2, -0.15) is 5.10 Å². The van der Waals surface area contributed by atoms with Crippen molar-refractivity contribution in [1.29, 1.82) is 0 Å². The molecule has 0 aliphatic carbocycles. The van der Waals surface area contributed by atoms with E-state index in [0.717, 1.165) is 18.4 Å². The molecule has 0 fully saturated rings. The third-order valence-corrected chi connectivity index (χ3v) is 4.69. The summed E-state index contributed by atoms with van der Waals surface area (Å²) in [6.45, 7) is 8.84. The number of carbonyl (C=O) groups excluding carboxylic acids is 1. The fourth-order valence-electron chi connectivity index (χ4n) is 2.90. The standard InChI is InChI=1S/C23H38N2O/c1-5-6-7-8-9-10-11-12-13-14-22(26)25-24-19-20-15-17-21(18-16-20)23(2,3)4/h15-19H,5-14H2,1-4H3,(H,25,26)/b24-19+. The summed E-state index contributed by atoms with van der Waals surface area (Å²) in [6, 6.07) is 8.31. The predicted octanol–water partition coefficient (Wildman–Crippen LogP) is 6.36. The number of benzene rings is 1. The van der Waals surface area contributed by atoms with Crippen molar-refractivity contribution in [1.82, 2.24) is 5.43 Å². The van der Waals surface area contributed by atoms with Crippen molar-refractivity contribution in [2.45, 2.75) is 97.3 Å². The molecule has 0 saturated heterocycles. The Bertz CT molecular complexity index is 526. The lowest BCUT2D eigenvalue weighted by Gasteiger charge is -2.18. The molecule has 0 bridgehead atoms. The van der Waals surface area contributed by atoms with Gasteiger partial charge >= 0.3 is 0 Å². The third-order valence-electron chi connectivity index (χ3n) is 4.69. The number of unbranched alkanes of at least 4 members (excludes halogenated alkanes) is 8. The first kappa shape index (κ1) is 22.4. The maximum absolute atomic E-state index is 11.8. The summed E-state index contributed by atoms with van der Waals surface area (Å²) in [5.41, 5.74) is 5.08. The van der Waals surface area contributed by atoms with Crippen LogP contribution in [0.3, 0.4) is 0 Å². The summed E-state index contributed by atoms with van der Waals surface area (Å²) in [5, 5.41) is 4.07. The van der Waals surface area contributed by atoms with Crippen LogP contribution in [-0.2, 0) is 10.2 Å². The van der Waals surface area contributed by atoms with Crippen LogP contribution in [0.2, 0.25) is 0 Å². The average Bonchev–Trinajstić information content (AvgIpc) is 2.60. The molecule has 0 spiro atoms. The quantitative estimate of drug-likeness (QED) is 0.264. The third kappa shape index (κ3) is 10.4. The highest BCUT2D eigenvalue weighted by atomic mass is 16.2. The van der Waals surface area contributed by atoms with E-state index in [1.165, 1.54) is 50.5 Å². The molecule has 146 valence electrons. The van der Waals surface area contributed by atoms with Gasteiger partial charge < -0.3 is 0 Å². The van der Waals surface area contributed by atoms with Crippen LogP contribution in [0.15, 0.2) is 29.4 Å². The second kappa shape index (κ2) is 12.7. The van der Waals surface area contributed by atoms with Gasteiger partial charge in [-0.25, -0.2) is 5.43 Å². The molecular formula is C23H38N2O. The van der Waals surface area contributed by atoms with Gasteiger partial charge in [-0.05, 0) is 23.0 Å². The molecule has 1 N–H and O–H groups in total. The van der Waals surface area contributed by atoms with Gasteiger partial charge in [0, 0.05) is 6.42 Å². The Kier molecular flexibility index (Phi) is 10.9. The van der Waals surface area contributed by atoms with E-state index >= 15 is 0 Å². The van der Waals surface area contributed by atoms with Crippen molar-refractivity contribution in [3.05, 3.63) is 35.4 Å². The lowest BCUT2D eigenvalue weighted by Crippen LogP contribution is -2.17. The van der Waals surface area contributed by atoms with Crippen LogP contribution in [0.5, 0.6) is 0 Å². The van der Waals surface area contributed by atoms with Crippen LogP contribution < -0.4 is 5.43 Å². The molecule has 0 aromatic heterocycles. The molecule has 3 heteroatoms. The number of rotatable bonds is 12. The van der Waals surface area contributed by atoms with Crippen LogP contribution in [0, 0.1) is 0 Å². The number of nitrogens with one attached hydrogen (secondary N) is 1. The van der Waals surface area contributed by atoms with Gasteiger partial charge in [0.25, 0.3) is 0 Å². The Labute approximate surface area is 160 Å². The molecule has 0 heterocycles. The van der Waals surface area contributed by atoms with Crippen molar-refractivity contribution in [2.75, 3.05) is 0 Å². The Balaban J connectivity index is 2.11. The molecule has 26 heavy (non-hydrogen) atoms. The number of carbonyl (C=O) groups is 1. The average molecular weight is 359 g/mol. The highest BCUT2D eigenvalue weighted by Gasteiger charge is 2.12. The van der Waals surface area contributed by atoms with Crippen LogP contribution in [0.1, 0.15) is 103 Å². The van der Waals surface area contributed by atoms with E-state index in [-0.39, 0.29) is 11.3 Å². The van der Waals surface area contributed by atoms with Crippen LogP contribution >= 0.6 is 0 Å². The van der Waals surface area contributed by atoms with Gasteiger partial charge in [0.15, 0.2) is 0 Å². The normalized spacial score (nSPS) is 11.8. The highest BCUT2D eigenvalue weighted by molar-refractivity contribution is 5.82. The second-order valence-electron chi connectivity index (χ2n) is 8.24. The van der Waals surface area contributed by atoms with E-state index in [4.69, 9.17) is 0 Å². The van der Waals surface area contributed by atoms with Gasteiger partial charge in [-0.1, -0.05) is 103 Å². The molecule has 0 aliphatic heterocycles. The molecule has 0 atom stereocenters. The SMILES string of the molecule is CCCCCCCCCCCC(=O)N/N=C/c1ccc(C(C)(C)C)cc1. The highest BCUT2D eigenvalue weighted by Crippen LogP contribution is 2.21. The van der Waals surface area contributed by atoms with Crippen LogP contribution in [-0.4, -0.2) is 12.1 Å². The summed E-state index contributed by atoms with van der Waals surface area (Å²) in [6.07, 6.45) is 13.6. The number of hydrogen-bond acceptors (Lipinski definition) is 2. The van der Waals surface area contributed by atoms with E-state index in [1.54, 1.807) is 6.21 Å². The van der Waals surface area contributed by atoms with E-state index < -0.39 is 0 Å². The van der Waals surface area contributed by atoms with Crippen molar-refractivity contribution in [2.24, 2.45) is 5.10 Å². The summed E-state index contributed by atoms with van der Waals surface area (Å²) in [4.78, 5) is 11.8. The lowest BCUT2D eigenvalue weighted by molar-refractivity contribution is -0.121. The minimum atomic E-state index is 0.00973. The Morgan fingerprint density at radius 2 is 1.46 bits per heavy atom. The van der Waals surface area contributed by atoms with Crippen LogP contribution in [0.4, 0.5) is 0 Å². The zero-order valence-corrected chi connectivity index (χ0v) is 17.3. The van der Waals surface area contributed by atoms with E-state index in [2.05, 4.69) is 50.4 Å². The van der Waals surface area contributed by atoms with Crippen molar-refractivity contribution in [3.63, 3.8) is 0 Å². The van der Waals surface area contributed by atoms with E-state index in [1.807, 2.05) is 12.1 Å². The summed E-state index contributed by atoms with van der Waals surface area (Å²) in [7, 11) is 0. The molecule has 1 aromatic carbocycles. The molecule has 1 aromatic rings. The molecule has 3 nitrogen and oxygen atoms in total. The molecule has 0 unspecified atom stereocenters. The Hall–Kier alpha value is -1.64. The smallest absolute Gasteiger partial charge is 0.240 e. The molecule has 0 saturated carbocycles. The van der Waals surface area contributed by atoms with Crippen molar-refractivity contribution in [3.8, 4) is 0 Å². The minimum absolute atomic E-state index is 0.00973. The monoisotopic (exact) mass is 358 g/mol. The summed E-state index contributed by atoms with van der Waals surface area (Å²) in [5.74, 6) is 0.00973. The number of nitrogens with zero attached hydrogens (tertiary/aromatic N) is 1. The topological polar surface area (TPSA) is 41.5 Å². The fraction of sp³-hybridized carbons (Fsp3) is 0.652. The lowest BCUT2D eigenvalue weighted by atomic mass is 9.87. The first-order valence-electron chi connectivity index (χ1n) is 10.4. The van der Waals surface area contributed by atoms with Gasteiger partial charge in [0.2, 0.25) is 5.91 Å². The van der Waals surface area contributed by atoms with Gasteiger partial charge in [0.1, 0.15) is 0 Å². The van der Waals surface area contributed by atoms with Gasteiger partial charge in [-0.15, -0.1) is 0 Å². The van der Waals surface area contributed by atoms with E-state index in [9.17, 15) is 4.79 Å². The second-order valence-corrected chi connectivity index (χ2v) is 8.24. The van der Waals surface area contributed by atoms with Gasteiger partial charge in [-0.3, -0.25) is 4.79 Å². The Morgan fingerprint density at radius 3 is 2.00 bits per heavy atom. The summed E-state index contributed by atoms with van der Waals surface area (Å²) < 4.78 is 0. The van der Waals surface area contributed by atoms with E-state index in [0.29, 0.717) is 6.42 Å². The number of amides is 1. The molecule has 1 amide bonds. The summed E-state index contributed by atoms with van der Waals surface area (Å²) >= 11 is 0. The largest absolute Gasteiger partial charge is 0.273 e.